The number of benzene rings is 2. The Bertz CT molecular complexity index is 951. The summed E-state index contributed by atoms with van der Waals surface area (Å²) in [5, 5.41) is 3.53. The van der Waals surface area contributed by atoms with E-state index in [1.54, 1.807) is 6.92 Å². The lowest BCUT2D eigenvalue weighted by Gasteiger charge is -2.15. The van der Waals surface area contributed by atoms with Gasteiger partial charge in [-0.1, -0.05) is 67.6 Å². The Morgan fingerprint density at radius 3 is 2.28 bits per heavy atom. The van der Waals surface area contributed by atoms with E-state index in [1.807, 2.05) is 73.7 Å². The molecule has 0 fully saturated rings. The third-order valence-corrected chi connectivity index (χ3v) is 5.71. The first-order chi connectivity index (χ1) is 14.1. The van der Waals surface area contributed by atoms with Crippen molar-refractivity contribution in [3.05, 3.63) is 88.3 Å². The molecule has 0 radical (unpaired) electrons. The Morgan fingerprint density at radius 1 is 1.00 bits per heavy atom. The molecule has 0 saturated heterocycles. The molecule has 0 unspecified atom stereocenters. The van der Waals surface area contributed by atoms with Crippen LogP contribution in [0, 0.1) is 0 Å². The van der Waals surface area contributed by atoms with Crippen molar-refractivity contribution in [2.45, 2.75) is 32.6 Å². The summed E-state index contributed by atoms with van der Waals surface area (Å²) in [5.41, 5.74) is 2.53. The van der Waals surface area contributed by atoms with Crippen LogP contribution in [0.3, 0.4) is 0 Å². The lowest BCUT2D eigenvalue weighted by molar-refractivity contribution is -0.117. The molecular formula is C24H25NO3S. The molecule has 1 atom stereocenters. The summed E-state index contributed by atoms with van der Waals surface area (Å²) in [6.45, 7) is 4.05. The van der Waals surface area contributed by atoms with Crippen molar-refractivity contribution in [1.82, 2.24) is 0 Å². The van der Waals surface area contributed by atoms with Gasteiger partial charge in [0.15, 0.2) is 0 Å². The largest absolute Gasteiger partial charge is 0.462 e. The maximum atomic E-state index is 13.0. The summed E-state index contributed by atoms with van der Waals surface area (Å²) in [6.07, 6.45) is 1.37. The van der Waals surface area contributed by atoms with E-state index in [2.05, 4.69) is 5.32 Å². The summed E-state index contributed by atoms with van der Waals surface area (Å²) >= 11 is 1.43. The van der Waals surface area contributed by atoms with Gasteiger partial charge in [-0.2, -0.15) is 0 Å². The summed E-state index contributed by atoms with van der Waals surface area (Å²) in [4.78, 5) is 26.4. The maximum absolute atomic E-state index is 13.0. The second-order valence-electron chi connectivity index (χ2n) is 6.70. The van der Waals surface area contributed by atoms with E-state index >= 15 is 0 Å². The average Bonchev–Trinajstić information content (AvgIpc) is 3.12. The van der Waals surface area contributed by atoms with E-state index in [0.29, 0.717) is 23.4 Å². The Labute approximate surface area is 175 Å². The lowest BCUT2D eigenvalue weighted by Crippen LogP contribution is -2.21. The molecule has 5 heteroatoms. The topological polar surface area (TPSA) is 55.4 Å². The molecule has 3 rings (SSSR count). The average molecular weight is 408 g/mol. The van der Waals surface area contributed by atoms with E-state index < -0.39 is 5.97 Å². The molecule has 1 N–H and O–H groups in total. The number of carbonyl (C=O) groups excluding carboxylic acids is 2. The van der Waals surface area contributed by atoms with Crippen LogP contribution in [0.5, 0.6) is 0 Å². The summed E-state index contributed by atoms with van der Waals surface area (Å²) in [7, 11) is 0. The van der Waals surface area contributed by atoms with Gasteiger partial charge in [-0.05, 0) is 30.5 Å². The molecule has 0 bridgehead atoms. The number of anilines is 1. The fourth-order valence-electron chi connectivity index (χ4n) is 3.24. The van der Waals surface area contributed by atoms with Crippen molar-refractivity contribution in [2.24, 2.45) is 0 Å². The van der Waals surface area contributed by atoms with E-state index in [4.69, 9.17) is 4.74 Å². The van der Waals surface area contributed by atoms with Gasteiger partial charge >= 0.3 is 5.97 Å². The highest BCUT2D eigenvalue weighted by atomic mass is 32.1. The molecule has 1 aromatic heterocycles. The van der Waals surface area contributed by atoms with Gasteiger partial charge in [0.25, 0.3) is 0 Å². The number of nitrogens with one attached hydrogen (secondary N) is 1. The quantitative estimate of drug-likeness (QED) is 0.491. The maximum Gasteiger partial charge on any atom is 0.341 e. The van der Waals surface area contributed by atoms with E-state index in [1.165, 1.54) is 11.3 Å². The highest BCUT2D eigenvalue weighted by molar-refractivity contribution is 7.16. The van der Waals surface area contributed by atoms with Crippen molar-refractivity contribution in [3.63, 3.8) is 0 Å². The molecule has 0 aliphatic heterocycles. The fourth-order valence-corrected chi connectivity index (χ4v) is 4.32. The number of rotatable bonds is 8. The van der Waals surface area contributed by atoms with Crippen LogP contribution < -0.4 is 5.32 Å². The molecule has 0 saturated carbocycles. The molecule has 150 valence electrons. The molecule has 0 spiro atoms. The molecular weight excluding hydrogens is 382 g/mol. The third kappa shape index (κ3) is 5.33. The second kappa shape index (κ2) is 10.0. The minimum atomic E-state index is -0.411. The van der Waals surface area contributed by atoms with Gasteiger partial charge in [0, 0.05) is 11.3 Å². The number of esters is 1. The summed E-state index contributed by atoms with van der Waals surface area (Å²) < 4.78 is 5.20. The van der Waals surface area contributed by atoms with E-state index in [0.717, 1.165) is 16.0 Å². The SMILES string of the molecule is CCOC(=O)c1cc(Cc2ccccc2)sc1NC(=O)[C@H](CC)c1ccccc1. The first-order valence-corrected chi connectivity index (χ1v) is 10.6. The Kier molecular flexibility index (Phi) is 7.19. The van der Waals surface area contributed by atoms with Gasteiger partial charge in [-0.3, -0.25) is 4.79 Å². The van der Waals surface area contributed by atoms with Gasteiger partial charge in [-0.25, -0.2) is 4.79 Å². The van der Waals surface area contributed by atoms with Crippen molar-refractivity contribution in [1.29, 1.82) is 0 Å². The Hall–Kier alpha value is -2.92. The van der Waals surface area contributed by atoms with Crippen LogP contribution >= 0.6 is 11.3 Å². The van der Waals surface area contributed by atoms with Gasteiger partial charge < -0.3 is 10.1 Å². The Balaban J connectivity index is 1.85. The van der Waals surface area contributed by atoms with Crippen LogP contribution in [0.4, 0.5) is 5.00 Å². The lowest BCUT2D eigenvalue weighted by atomic mass is 9.96. The zero-order chi connectivity index (χ0) is 20.6. The predicted octanol–water partition coefficient (Wildman–Crippen LogP) is 5.65. The first-order valence-electron chi connectivity index (χ1n) is 9.81. The molecule has 4 nitrogen and oxygen atoms in total. The smallest absolute Gasteiger partial charge is 0.341 e. The van der Waals surface area contributed by atoms with Crippen LogP contribution in [0.15, 0.2) is 66.7 Å². The van der Waals surface area contributed by atoms with Crippen LogP contribution in [0.1, 0.15) is 52.5 Å². The zero-order valence-electron chi connectivity index (χ0n) is 16.7. The molecule has 0 aliphatic rings. The highest BCUT2D eigenvalue weighted by Crippen LogP contribution is 2.32. The minimum absolute atomic E-state index is 0.114. The minimum Gasteiger partial charge on any atom is -0.462 e. The van der Waals surface area contributed by atoms with Crippen molar-refractivity contribution < 1.29 is 14.3 Å². The molecule has 2 aromatic carbocycles. The zero-order valence-corrected chi connectivity index (χ0v) is 17.5. The van der Waals surface area contributed by atoms with Crippen molar-refractivity contribution in [2.75, 3.05) is 11.9 Å². The third-order valence-electron chi connectivity index (χ3n) is 4.66. The van der Waals surface area contributed by atoms with Gasteiger partial charge in [0.05, 0.1) is 18.1 Å². The first kappa shape index (κ1) is 20.8. The van der Waals surface area contributed by atoms with Crippen LogP contribution in [-0.4, -0.2) is 18.5 Å². The number of amides is 1. The molecule has 1 heterocycles. The van der Waals surface area contributed by atoms with Gasteiger partial charge in [0.2, 0.25) is 5.91 Å². The molecule has 29 heavy (non-hydrogen) atoms. The van der Waals surface area contributed by atoms with Crippen LogP contribution in [-0.2, 0) is 16.0 Å². The fraction of sp³-hybridized carbons (Fsp3) is 0.250. The number of hydrogen-bond donors (Lipinski definition) is 1. The monoisotopic (exact) mass is 407 g/mol. The molecule has 3 aromatic rings. The summed E-state index contributed by atoms with van der Waals surface area (Å²) in [6, 6.07) is 21.6. The summed E-state index contributed by atoms with van der Waals surface area (Å²) in [5.74, 6) is -0.797. The van der Waals surface area contributed by atoms with E-state index in [9.17, 15) is 9.59 Å². The Morgan fingerprint density at radius 2 is 1.66 bits per heavy atom. The van der Waals surface area contributed by atoms with Crippen molar-refractivity contribution >= 4 is 28.2 Å². The predicted molar refractivity (Wildman–Crippen MR) is 118 cm³/mol. The standard InChI is InChI=1S/C24H25NO3S/c1-3-20(18-13-9-6-10-14-18)22(26)25-23-21(24(27)28-4-2)16-19(29-23)15-17-11-7-5-8-12-17/h5-14,16,20H,3-4,15H2,1-2H3,(H,25,26)/t20-/m1/s1. The highest BCUT2D eigenvalue weighted by Gasteiger charge is 2.23. The van der Waals surface area contributed by atoms with E-state index in [-0.39, 0.29) is 18.4 Å². The number of thiophene rings is 1. The van der Waals surface area contributed by atoms with Gasteiger partial charge in [0.1, 0.15) is 5.00 Å². The molecule has 1 amide bonds. The normalized spacial score (nSPS) is 11.7. The number of carbonyl (C=O) groups is 2. The molecule has 0 aliphatic carbocycles. The number of hydrogen-bond acceptors (Lipinski definition) is 4. The number of ether oxygens (including phenoxy) is 1. The second-order valence-corrected chi connectivity index (χ2v) is 7.84. The van der Waals surface area contributed by atoms with Crippen molar-refractivity contribution in [3.8, 4) is 0 Å². The van der Waals surface area contributed by atoms with Gasteiger partial charge in [-0.15, -0.1) is 11.3 Å². The van der Waals surface area contributed by atoms with Crippen LogP contribution in [0.25, 0.3) is 0 Å². The van der Waals surface area contributed by atoms with Crippen LogP contribution in [0.2, 0.25) is 0 Å².